The van der Waals surface area contributed by atoms with Crippen LogP contribution in [0.2, 0.25) is 0 Å². The van der Waals surface area contributed by atoms with Crippen LogP contribution in [0.5, 0.6) is 0 Å². The average Bonchev–Trinajstić information content (AvgIpc) is 2.93. The summed E-state index contributed by atoms with van der Waals surface area (Å²) < 4.78 is 0. The third kappa shape index (κ3) is 2.71. The second-order valence-electron chi connectivity index (χ2n) is 5.13. The molecular formula is C13H16N6O2S. The number of rotatable bonds is 3. The van der Waals surface area contributed by atoms with Crippen molar-refractivity contribution in [3.63, 3.8) is 0 Å². The Morgan fingerprint density at radius 1 is 1.18 bits per heavy atom. The Balaban J connectivity index is 1.77. The van der Waals surface area contributed by atoms with Crippen LogP contribution in [0.15, 0.2) is 12.3 Å². The Morgan fingerprint density at radius 2 is 1.86 bits per heavy atom. The molecule has 0 unspecified atom stereocenters. The summed E-state index contributed by atoms with van der Waals surface area (Å²) in [6.07, 6.45) is 1.62. The van der Waals surface area contributed by atoms with E-state index in [-0.39, 0.29) is 10.6 Å². The van der Waals surface area contributed by atoms with Crippen LogP contribution in [-0.2, 0) is 0 Å². The zero-order valence-electron chi connectivity index (χ0n) is 12.4. The predicted molar refractivity (Wildman–Crippen MR) is 84.7 cm³/mol. The Labute approximate surface area is 131 Å². The molecule has 9 heteroatoms. The molecule has 8 nitrogen and oxygen atoms in total. The van der Waals surface area contributed by atoms with E-state index in [4.69, 9.17) is 0 Å². The zero-order valence-corrected chi connectivity index (χ0v) is 13.2. The van der Waals surface area contributed by atoms with E-state index in [0.29, 0.717) is 24.5 Å². The summed E-state index contributed by atoms with van der Waals surface area (Å²) in [5, 5.41) is 21.3. The maximum absolute atomic E-state index is 11.3. The van der Waals surface area contributed by atoms with Gasteiger partial charge in [0.05, 0.1) is 4.92 Å². The Bertz CT molecular complexity index is 696. The molecule has 116 valence electrons. The van der Waals surface area contributed by atoms with E-state index in [1.54, 1.807) is 30.5 Å². The predicted octanol–water partition coefficient (Wildman–Crippen LogP) is 1.78. The van der Waals surface area contributed by atoms with Gasteiger partial charge in [0.15, 0.2) is 0 Å². The van der Waals surface area contributed by atoms with Gasteiger partial charge in [-0.3, -0.25) is 10.1 Å². The molecule has 0 saturated carbocycles. The Morgan fingerprint density at radius 3 is 2.45 bits per heavy atom. The van der Waals surface area contributed by atoms with Gasteiger partial charge in [0.2, 0.25) is 10.9 Å². The molecule has 1 aliphatic rings. The molecule has 2 aromatic heterocycles. The van der Waals surface area contributed by atoms with Crippen LogP contribution in [0, 0.1) is 24.0 Å². The summed E-state index contributed by atoms with van der Waals surface area (Å²) in [5.41, 5.74) is 0.736. The van der Waals surface area contributed by atoms with Gasteiger partial charge in [-0.2, -0.15) is 0 Å². The molecule has 3 rings (SSSR count). The van der Waals surface area contributed by atoms with Crippen LogP contribution in [-0.4, -0.2) is 46.3 Å². The smallest absolute Gasteiger partial charge is 0.314 e. The number of aromatic nitrogens is 3. The number of nitro groups is 1. The second kappa shape index (κ2) is 5.84. The average molecular weight is 320 g/mol. The fourth-order valence-electron chi connectivity index (χ4n) is 2.52. The number of hydrogen-bond acceptors (Lipinski definition) is 8. The summed E-state index contributed by atoms with van der Waals surface area (Å²) in [7, 11) is 0. The number of hydrogen-bond donors (Lipinski definition) is 0. The normalized spacial score (nSPS) is 15.2. The van der Waals surface area contributed by atoms with Crippen LogP contribution in [0.1, 0.15) is 10.6 Å². The van der Waals surface area contributed by atoms with Crippen molar-refractivity contribution in [2.24, 2.45) is 0 Å². The quantitative estimate of drug-likeness (QED) is 0.629. The van der Waals surface area contributed by atoms with Crippen LogP contribution >= 0.6 is 11.3 Å². The lowest BCUT2D eigenvalue weighted by molar-refractivity contribution is -0.384. The van der Waals surface area contributed by atoms with E-state index in [0.717, 1.165) is 23.2 Å². The van der Waals surface area contributed by atoms with Crippen molar-refractivity contribution in [3.05, 3.63) is 32.9 Å². The molecule has 1 saturated heterocycles. The summed E-state index contributed by atoms with van der Waals surface area (Å²) in [4.78, 5) is 19.3. The summed E-state index contributed by atoms with van der Waals surface area (Å²) in [6, 6.07) is 1.67. The van der Waals surface area contributed by atoms with Crippen molar-refractivity contribution in [2.45, 2.75) is 13.8 Å². The van der Waals surface area contributed by atoms with Crippen molar-refractivity contribution in [3.8, 4) is 0 Å². The highest BCUT2D eigenvalue weighted by molar-refractivity contribution is 7.15. The number of piperazine rings is 1. The second-order valence-corrected chi connectivity index (χ2v) is 6.30. The Kier molecular flexibility index (Phi) is 3.88. The topological polar surface area (TPSA) is 88.3 Å². The lowest BCUT2D eigenvalue weighted by Gasteiger charge is -2.34. The van der Waals surface area contributed by atoms with Gasteiger partial charge in [-0.05, 0) is 19.9 Å². The maximum Gasteiger partial charge on any atom is 0.314 e. The molecule has 1 aliphatic heterocycles. The van der Waals surface area contributed by atoms with Gasteiger partial charge in [-0.25, -0.2) is 4.98 Å². The first kappa shape index (κ1) is 14.6. The minimum absolute atomic E-state index is 0.0997. The van der Waals surface area contributed by atoms with Crippen molar-refractivity contribution >= 4 is 28.0 Å². The highest BCUT2D eigenvalue weighted by atomic mass is 32.1. The largest absolute Gasteiger partial charge is 0.347 e. The van der Waals surface area contributed by atoms with Crippen molar-refractivity contribution in [1.29, 1.82) is 0 Å². The number of aryl methyl sites for hydroxylation is 2. The summed E-state index contributed by atoms with van der Waals surface area (Å²) in [5.74, 6) is 0.457. The Hall–Kier alpha value is -2.29. The highest BCUT2D eigenvalue weighted by Gasteiger charge is 2.27. The number of nitrogens with zero attached hydrogens (tertiary/aromatic N) is 6. The van der Waals surface area contributed by atoms with Crippen LogP contribution in [0.25, 0.3) is 0 Å². The molecule has 0 bridgehead atoms. The molecule has 0 aliphatic carbocycles. The van der Waals surface area contributed by atoms with E-state index >= 15 is 0 Å². The fourth-order valence-corrected chi connectivity index (χ4v) is 3.26. The monoisotopic (exact) mass is 320 g/mol. The SMILES string of the molecule is Cc1nnc(N2CCN(c3nccc(C)c3[N+](=O)[O-])CC2)s1. The molecule has 0 N–H and O–H groups in total. The third-order valence-electron chi connectivity index (χ3n) is 3.65. The zero-order chi connectivity index (χ0) is 15.7. The van der Waals surface area contributed by atoms with Gasteiger partial charge >= 0.3 is 5.69 Å². The molecule has 0 amide bonds. The first-order chi connectivity index (χ1) is 10.6. The van der Waals surface area contributed by atoms with Gasteiger partial charge in [0, 0.05) is 37.9 Å². The molecule has 1 fully saturated rings. The van der Waals surface area contributed by atoms with Gasteiger partial charge < -0.3 is 9.80 Å². The van der Waals surface area contributed by atoms with Crippen LogP contribution < -0.4 is 9.80 Å². The lowest BCUT2D eigenvalue weighted by Crippen LogP contribution is -2.47. The van der Waals surface area contributed by atoms with Gasteiger partial charge in [0.1, 0.15) is 5.01 Å². The van der Waals surface area contributed by atoms with E-state index in [9.17, 15) is 10.1 Å². The third-order valence-corrected chi connectivity index (χ3v) is 4.55. The summed E-state index contributed by atoms with van der Waals surface area (Å²) >= 11 is 1.56. The van der Waals surface area contributed by atoms with Crippen LogP contribution in [0.4, 0.5) is 16.6 Å². The first-order valence-electron chi connectivity index (χ1n) is 6.96. The maximum atomic E-state index is 11.3. The van der Waals surface area contributed by atoms with Crippen molar-refractivity contribution < 1.29 is 4.92 Å². The molecule has 22 heavy (non-hydrogen) atoms. The van der Waals surface area contributed by atoms with Gasteiger partial charge in [-0.15, -0.1) is 10.2 Å². The molecule has 0 aromatic carbocycles. The van der Waals surface area contributed by atoms with Crippen LogP contribution in [0.3, 0.4) is 0 Å². The number of anilines is 2. The van der Waals surface area contributed by atoms with E-state index in [1.165, 1.54) is 0 Å². The number of pyridine rings is 1. The lowest BCUT2D eigenvalue weighted by atomic mass is 10.2. The molecule has 3 heterocycles. The molecule has 0 spiro atoms. The summed E-state index contributed by atoms with van der Waals surface area (Å²) in [6.45, 7) is 6.52. The molecule has 0 radical (unpaired) electrons. The first-order valence-corrected chi connectivity index (χ1v) is 7.78. The molecule has 0 atom stereocenters. The van der Waals surface area contributed by atoms with E-state index < -0.39 is 0 Å². The van der Waals surface area contributed by atoms with Gasteiger partial charge in [-0.1, -0.05) is 11.3 Å². The standard InChI is InChI=1S/C13H16N6O2S/c1-9-3-4-14-12(11(9)19(20)21)17-5-7-18(8-6-17)13-16-15-10(2)22-13/h3-4H,5-8H2,1-2H3. The fraction of sp³-hybridized carbons (Fsp3) is 0.462. The molecular weight excluding hydrogens is 304 g/mol. The van der Waals surface area contributed by atoms with Crippen molar-refractivity contribution in [2.75, 3.05) is 36.0 Å². The minimum atomic E-state index is -0.349. The van der Waals surface area contributed by atoms with E-state index in [1.807, 2.05) is 11.8 Å². The van der Waals surface area contributed by atoms with Crippen molar-refractivity contribution in [1.82, 2.24) is 15.2 Å². The highest BCUT2D eigenvalue weighted by Crippen LogP contribution is 2.30. The van der Waals surface area contributed by atoms with E-state index in [2.05, 4.69) is 20.1 Å². The van der Waals surface area contributed by atoms with Gasteiger partial charge in [0.25, 0.3) is 0 Å². The molecule has 2 aromatic rings. The minimum Gasteiger partial charge on any atom is -0.347 e.